The molecule has 0 aliphatic carbocycles. The molecule has 0 spiro atoms. The van der Waals surface area contributed by atoms with E-state index in [1.165, 1.54) is 0 Å². The molecule has 7 heteroatoms. The summed E-state index contributed by atoms with van der Waals surface area (Å²) in [7, 11) is -3.13. The van der Waals surface area contributed by atoms with Gasteiger partial charge in [-0.15, -0.1) is 0 Å². The first-order chi connectivity index (χ1) is 7.31. The van der Waals surface area contributed by atoms with Crippen LogP contribution in [0.5, 0.6) is 0 Å². The van der Waals surface area contributed by atoms with Gasteiger partial charge in [0.25, 0.3) is 0 Å². The van der Waals surface area contributed by atoms with Gasteiger partial charge >= 0.3 is 5.97 Å². The third-order valence-electron chi connectivity index (χ3n) is 3.81. The molecule has 0 saturated carbocycles. The number of rotatable bonds is 2. The standard InChI is InChI=1S/C9H15NO5S/c11-7(12)8(9(13)5-10-6-9)1-3-16(14,15)4-2-8/h10,13H,1-6H2,(H,11,12). The van der Waals surface area contributed by atoms with Crippen LogP contribution >= 0.6 is 0 Å². The average molecular weight is 249 g/mol. The van der Waals surface area contributed by atoms with E-state index in [9.17, 15) is 23.4 Å². The zero-order valence-electron chi connectivity index (χ0n) is 8.77. The molecule has 6 nitrogen and oxygen atoms in total. The van der Waals surface area contributed by atoms with Gasteiger partial charge in [0.05, 0.1) is 11.5 Å². The Morgan fingerprint density at radius 1 is 1.19 bits per heavy atom. The van der Waals surface area contributed by atoms with E-state index in [1.54, 1.807) is 0 Å². The van der Waals surface area contributed by atoms with E-state index >= 15 is 0 Å². The summed E-state index contributed by atoms with van der Waals surface area (Å²) in [5.74, 6) is -1.39. The van der Waals surface area contributed by atoms with Gasteiger partial charge in [-0.1, -0.05) is 0 Å². The van der Waals surface area contributed by atoms with Crippen molar-refractivity contribution in [3.05, 3.63) is 0 Å². The summed E-state index contributed by atoms with van der Waals surface area (Å²) in [6, 6.07) is 0. The first-order valence-electron chi connectivity index (χ1n) is 5.18. The molecule has 0 aromatic carbocycles. The van der Waals surface area contributed by atoms with Gasteiger partial charge in [-0.25, -0.2) is 8.42 Å². The summed E-state index contributed by atoms with van der Waals surface area (Å²) in [6.45, 7) is 0.443. The monoisotopic (exact) mass is 249 g/mol. The minimum atomic E-state index is -3.13. The molecule has 2 rings (SSSR count). The Bertz CT molecular complexity index is 398. The fourth-order valence-corrected chi connectivity index (χ4v) is 3.99. The van der Waals surface area contributed by atoms with Crippen LogP contribution in [0.4, 0.5) is 0 Å². The second-order valence-corrected chi connectivity index (χ2v) is 6.98. The Morgan fingerprint density at radius 3 is 2.00 bits per heavy atom. The van der Waals surface area contributed by atoms with Crippen molar-refractivity contribution in [2.75, 3.05) is 24.6 Å². The lowest BCUT2D eigenvalue weighted by Gasteiger charge is -2.51. The van der Waals surface area contributed by atoms with Crippen molar-refractivity contribution in [1.82, 2.24) is 5.32 Å². The van der Waals surface area contributed by atoms with Crippen LogP contribution in [-0.2, 0) is 14.6 Å². The molecule has 0 amide bonds. The minimum absolute atomic E-state index is 0.00282. The van der Waals surface area contributed by atoms with E-state index in [1.807, 2.05) is 0 Å². The molecule has 0 bridgehead atoms. The van der Waals surface area contributed by atoms with Crippen molar-refractivity contribution >= 4 is 15.8 Å². The molecule has 2 fully saturated rings. The molecule has 2 saturated heterocycles. The predicted molar refractivity (Wildman–Crippen MR) is 55.8 cm³/mol. The van der Waals surface area contributed by atoms with Gasteiger partial charge in [-0.2, -0.15) is 0 Å². The summed E-state index contributed by atoms with van der Waals surface area (Å²) in [4.78, 5) is 11.3. The van der Waals surface area contributed by atoms with Gasteiger partial charge in [0.1, 0.15) is 20.9 Å². The molecule has 0 aromatic rings. The first kappa shape index (κ1) is 11.8. The number of carboxylic acid groups (broad SMARTS) is 1. The summed E-state index contributed by atoms with van der Waals surface area (Å²) in [5, 5.41) is 22.3. The first-order valence-corrected chi connectivity index (χ1v) is 7.00. The molecule has 0 atom stereocenters. The fourth-order valence-electron chi connectivity index (χ4n) is 2.46. The lowest BCUT2D eigenvalue weighted by Crippen LogP contribution is -2.71. The molecule has 0 unspecified atom stereocenters. The van der Waals surface area contributed by atoms with Crippen molar-refractivity contribution in [1.29, 1.82) is 0 Å². The van der Waals surface area contributed by atoms with Crippen LogP contribution in [0.1, 0.15) is 12.8 Å². The van der Waals surface area contributed by atoms with Crippen LogP contribution in [0.25, 0.3) is 0 Å². The van der Waals surface area contributed by atoms with Gasteiger partial charge < -0.3 is 15.5 Å². The summed E-state index contributed by atoms with van der Waals surface area (Å²) in [6.07, 6.45) is 0.00565. The predicted octanol–water partition coefficient (Wildman–Crippen LogP) is -1.40. The van der Waals surface area contributed by atoms with Crippen molar-refractivity contribution < 1.29 is 23.4 Å². The zero-order valence-corrected chi connectivity index (χ0v) is 9.59. The van der Waals surface area contributed by atoms with Crippen molar-refractivity contribution in [3.63, 3.8) is 0 Å². The Kier molecular flexibility index (Phi) is 2.52. The van der Waals surface area contributed by atoms with Crippen molar-refractivity contribution in [2.24, 2.45) is 5.41 Å². The number of hydrogen-bond donors (Lipinski definition) is 3. The molecule has 0 radical (unpaired) electrons. The van der Waals surface area contributed by atoms with E-state index in [2.05, 4.69) is 5.32 Å². The average Bonchev–Trinajstić information content (AvgIpc) is 2.14. The number of sulfone groups is 1. The number of carboxylic acids is 1. The molecule has 0 aromatic heterocycles. The number of β-amino-alcohol motifs (C(OH)–C–C–N with tert-alkyl or cyclic N) is 1. The normalized spacial score (nSPS) is 30.3. The smallest absolute Gasteiger partial charge is 0.312 e. The van der Waals surface area contributed by atoms with Crippen molar-refractivity contribution in [2.45, 2.75) is 18.4 Å². The lowest BCUT2D eigenvalue weighted by molar-refractivity contribution is -0.180. The van der Waals surface area contributed by atoms with Gasteiger partial charge in [-0.3, -0.25) is 4.79 Å². The Labute approximate surface area is 93.6 Å². The van der Waals surface area contributed by atoms with Crippen LogP contribution in [0.15, 0.2) is 0 Å². The zero-order chi connectivity index (χ0) is 12.0. The quantitative estimate of drug-likeness (QED) is 0.556. The van der Waals surface area contributed by atoms with Gasteiger partial charge in [0, 0.05) is 13.1 Å². The number of nitrogens with one attached hydrogen (secondary N) is 1. The number of hydrogen-bond acceptors (Lipinski definition) is 5. The van der Waals surface area contributed by atoms with Gasteiger partial charge in [0.15, 0.2) is 0 Å². The molecule has 2 aliphatic heterocycles. The third-order valence-corrected chi connectivity index (χ3v) is 5.47. The molecule has 2 heterocycles. The van der Waals surface area contributed by atoms with Crippen LogP contribution in [-0.4, -0.2) is 54.8 Å². The number of aliphatic hydroxyl groups is 1. The van der Waals surface area contributed by atoms with E-state index in [4.69, 9.17) is 0 Å². The molecule has 2 aliphatic rings. The summed E-state index contributed by atoms with van der Waals surface area (Å²) in [5.41, 5.74) is -2.60. The van der Waals surface area contributed by atoms with Crippen LogP contribution in [0, 0.1) is 5.41 Å². The van der Waals surface area contributed by atoms with Gasteiger partial charge in [-0.05, 0) is 12.8 Å². The Hall–Kier alpha value is -0.660. The number of carbonyl (C=O) groups is 1. The fraction of sp³-hybridized carbons (Fsp3) is 0.889. The highest BCUT2D eigenvalue weighted by molar-refractivity contribution is 7.91. The maximum atomic E-state index is 11.3. The highest BCUT2D eigenvalue weighted by Gasteiger charge is 2.60. The summed E-state index contributed by atoms with van der Waals surface area (Å²) >= 11 is 0. The third kappa shape index (κ3) is 1.54. The van der Waals surface area contributed by atoms with Crippen molar-refractivity contribution in [3.8, 4) is 0 Å². The minimum Gasteiger partial charge on any atom is -0.481 e. The highest BCUT2D eigenvalue weighted by atomic mass is 32.2. The molecule has 92 valence electrons. The van der Waals surface area contributed by atoms with E-state index in [0.717, 1.165) is 0 Å². The Balaban J connectivity index is 2.29. The Morgan fingerprint density at radius 2 is 1.69 bits per heavy atom. The van der Waals surface area contributed by atoms with Crippen LogP contribution in [0.2, 0.25) is 0 Å². The van der Waals surface area contributed by atoms with E-state index < -0.39 is 26.8 Å². The summed E-state index contributed by atoms with van der Waals surface area (Å²) < 4.78 is 22.6. The largest absolute Gasteiger partial charge is 0.481 e. The maximum Gasteiger partial charge on any atom is 0.312 e. The van der Waals surface area contributed by atoms with Gasteiger partial charge in [0.2, 0.25) is 0 Å². The molecule has 16 heavy (non-hydrogen) atoms. The second-order valence-electron chi connectivity index (χ2n) is 4.67. The molecular weight excluding hydrogens is 234 g/mol. The van der Waals surface area contributed by atoms with E-state index in [0.29, 0.717) is 0 Å². The molecule has 3 N–H and O–H groups in total. The van der Waals surface area contributed by atoms with Crippen LogP contribution in [0.3, 0.4) is 0 Å². The maximum absolute atomic E-state index is 11.3. The highest BCUT2D eigenvalue weighted by Crippen LogP contribution is 2.44. The topological polar surface area (TPSA) is 104 Å². The van der Waals surface area contributed by atoms with Crippen LogP contribution < -0.4 is 5.32 Å². The SMILES string of the molecule is O=C(O)C1(C2(O)CNC2)CCS(=O)(=O)CC1. The van der Waals surface area contributed by atoms with E-state index in [-0.39, 0.29) is 37.4 Å². The second kappa shape index (κ2) is 3.41. The molecular formula is C9H15NO5S. The lowest BCUT2D eigenvalue weighted by atomic mass is 9.65. The number of aliphatic carboxylic acids is 1.